The molecule has 2 aliphatic heterocycles. The Kier molecular flexibility index (Phi) is 6.66. The quantitative estimate of drug-likeness (QED) is 0.740. The summed E-state index contributed by atoms with van der Waals surface area (Å²) in [7, 11) is 1.64. The van der Waals surface area contributed by atoms with E-state index in [9.17, 15) is 9.59 Å². The molecule has 164 valence electrons. The molecule has 2 amide bonds. The molecule has 0 spiro atoms. The lowest BCUT2D eigenvalue weighted by atomic mass is 10.00. The van der Waals surface area contributed by atoms with Gasteiger partial charge in [-0.1, -0.05) is 41.9 Å². The standard InChI is InChI=1S/C24H28ClN3O3/c1-31-21-11-10-18(25)15-20(21)27-14-12-19(16-27)26-24(30)23(17-7-3-2-4-8-17)28-13-6-5-9-22(28)29/h2-4,7-8,10-11,15,19,23H,5-6,9,12-14,16H2,1H3,(H,26,30). The number of carbonyl (C=O) groups excluding carboxylic acids is 2. The first-order chi connectivity index (χ1) is 15.1. The third kappa shape index (κ3) is 4.79. The Morgan fingerprint density at radius 2 is 1.97 bits per heavy atom. The van der Waals surface area contributed by atoms with E-state index in [1.807, 2.05) is 42.5 Å². The minimum atomic E-state index is -0.594. The van der Waals surface area contributed by atoms with Crippen molar-refractivity contribution in [2.75, 3.05) is 31.6 Å². The fourth-order valence-corrected chi connectivity index (χ4v) is 4.66. The van der Waals surface area contributed by atoms with Gasteiger partial charge in [-0.2, -0.15) is 0 Å². The van der Waals surface area contributed by atoms with Crippen LogP contribution in [0.5, 0.6) is 5.75 Å². The maximum absolute atomic E-state index is 13.4. The highest BCUT2D eigenvalue weighted by Crippen LogP contribution is 2.34. The van der Waals surface area contributed by atoms with Crippen LogP contribution in [-0.4, -0.2) is 49.5 Å². The third-order valence-electron chi connectivity index (χ3n) is 6.05. The molecule has 0 saturated carbocycles. The normalized spacial score (nSPS) is 19.9. The zero-order valence-corrected chi connectivity index (χ0v) is 18.5. The van der Waals surface area contributed by atoms with Crippen molar-refractivity contribution >= 4 is 29.1 Å². The van der Waals surface area contributed by atoms with Gasteiger partial charge in [0.25, 0.3) is 0 Å². The summed E-state index contributed by atoms with van der Waals surface area (Å²) < 4.78 is 5.48. The van der Waals surface area contributed by atoms with Crippen LogP contribution in [0.15, 0.2) is 48.5 Å². The summed E-state index contributed by atoms with van der Waals surface area (Å²) in [5.41, 5.74) is 1.78. The van der Waals surface area contributed by atoms with Gasteiger partial charge in [0.05, 0.1) is 12.8 Å². The molecule has 0 aromatic heterocycles. The number of amides is 2. The molecule has 0 aliphatic carbocycles. The number of nitrogens with zero attached hydrogens (tertiary/aromatic N) is 2. The maximum atomic E-state index is 13.4. The lowest BCUT2D eigenvalue weighted by molar-refractivity contribution is -0.143. The Morgan fingerprint density at radius 3 is 2.71 bits per heavy atom. The molecule has 31 heavy (non-hydrogen) atoms. The smallest absolute Gasteiger partial charge is 0.247 e. The molecule has 2 aliphatic rings. The number of ether oxygens (including phenoxy) is 1. The van der Waals surface area contributed by atoms with E-state index >= 15 is 0 Å². The second-order valence-electron chi connectivity index (χ2n) is 8.11. The number of rotatable bonds is 6. The summed E-state index contributed by atoms with van der Waals surface area (Å²) >= 11 is 6.19. The highest BCUT2D eigenvalue weighted by Gasteiger charge is 2.35. The fraction of sp³-hybridized carbons (Fsp3) is 0.417. The first-order valence-corrected chi connectivity index (χ1v) is 11.2. The van der Waals surface area contributed by atoms with Crippen LogP contribution in [0.1, 0.15) is 37.3 Å². The van der Waals surface area contributed by atoms with Crippen LogP contribution in [0.4, 0.5) is 5.69 Å². The molecule has 4 rings (SSSR count). The van der Waals surface area contributed by atoms with E-state index in [1.165, 1.54) is 0 Å². The Balaban J connectivity index is 1.49. The molecule has 2 aromatic rings. The lowest BCUT2D eigenvalue weighted by Gasteiger charge is -2.34. The van der Waals surface area contributed by atoms with Crippen molar-refractivity contribution in [2.45, 2.75) is 37.8 Å². The third-order valence-corrected chi connectivity index (χ3v) is 6.29. The van der Waals surface area contributed by atoms with Crippen molar-refractivity contribution in [1.82, 2.24) is 10.2 Å². The molecule has 1 N–H and O–H groups in total. The van der Waals surface area contributed by atoms with E-state index in [-0.39, 0.29) is 17.9 Å². The van der Waals surface area contributed by atoms with E-state index < -0.39 is 6.04 Å². The molecule has 2 fully saturated rings. The topological polar surface area (TPSA) is 61.9 Å². The molecule has 2 unspecified atom stereocenters. The van der Waals surface area contributed by atoms with Crippen molar-refractivity contribution in [2.24, 2.45) is 0 Å². The van der Waals surface area contributed by atoms with Gasteiger partial charge in [-0.3, -0.25) is 9.59 Å². The van der Waals surface area contributed by atoms with Gasteiger partial charge < -0.3 is 19.9 Å². The Labute approximate surface area is 188 Å². The van der Waals surface area contributed by atoms with Crippen LogP contribution < -0.4 is 15.0 Å². The van der Waals surface area contributed by atoms with Crippen LogP contribution >= 0.6 is 11.6 Å². The summed E-state index contributed by atoms with van der Waals surface area (Å²) in [6.45, 7) is 2.07. The average Bonchev–Trinajstić information content (AvgIpc) is 3.24. The number of likely N-dealkylation sites (tertiary alicyclic amines) is 1. The van der Waals surface area contributed by atoms with E-state index in [2.05, 4.69) is 10.2 Å². The zero-order chi connectivity index (χ0) is 21.8. The first kappa shape index (κ1) is 21.5. The van der Waals surface area contributed by atoms with Crippen LogP contribution in [0.2, 0.25) is 5.02 Å². The molecule has 2 heterocycles. The number of nitrogens with one attached hydrogen (secondary N) is 1. The molecule has 0 bridgehead atoms. The van der Waals surface area contributed by atoms with Crippen LogP contribution in [0.3, 0.4) is 0 Å². The molecule has 2 aromatic carbocycles. The van der Waals surface area contributed by atoms with Crippen LogP contribution in [0, 0.1) is 0 Å². The molecule has 6 nitrogen and oxygen atoms in total. The van der Waals surface area contributed by atoms with E-state index in [1.54, 1.807) is 18.1 Å². The van der Waals surface area contributed by atoms with Gasteiger partial charge >= 0.3 is 0 Å². The number of benzene rings is 2. The van der Waals surface area contributed by atoms with Crippen LogP contribution in [0.25, 0.3) is 0 Å². The number of methoxy groups -OCH3 is 1. The molecular weight excluding hydrogens is 414 g/mol. The molecular formula is C24H28ClN3O3. The van der Waals surface area contributed by atoms with Crippen LogP contribution in [-0.2, 0) is 9.59 Å². The van der Waals surface area contributed by atoms with Gasteiger partial charge in [0.15, 0.2) is 0 Å². The van der Waals surface area contributed by atoms with Crippen molar-refractivity contribution in [3.05, 3.63) is 59.1 Å². The summed E-state index contributed by atoms with van der Waals surface area (Å²) in [6.07, 6.45) is 3.13. The predicted molar refractivity (Wildman–Crippen MR) is 122 cm³/mol. The van der Waals surface area contributed by atoms with E-state index in [0.717, 1.165) is 42.8 Å². The SMILES string of the molecule is COc1ccc(Cl)cc1N1CCC(NC(=O)C(c2ccccc2)N2CCCCC2=O)C1. The van der Waals surface area contributed by atoms with Gasteiger partial charge in [-0.25, -0.2) is 0 Å². The molecule has 2 atom stereocenters. The van der Waals surface area contributed by atoms with Gasteiger partial charge in [0.1, 0.15) is 11.8 Å². The van der Waals surface area contributed by atoms with Crippen molar-refractivity contribution < 1.29 is 14.3 Å². The molecule has 2 saturated heterocycles. The lowest BCUT2D eigenvalue weighted by Crippen LogP contribution is -2.48. The number of hydrogen-bond donors (Lipinski definition) is 1. The molecule has 0 radical (unpaired) electrons. The highest BCUT2D eigenvalue weighted by atomic mass is 35.5. The van der Waals surface area contributed by atoms with Crippen molar-refractivity contribution in [3.8, 4) is 5.75 Å². The van der Waals surface area contributed by atoms with E-state index in [4.69, 9.17) is 16.3 Å². The monoisotopic (exact) mass is 441 g/mol. The zero-order valence-electron chi connectivity index (χ0n) is 17.7. The first-order valence-electron chi connectivity index (χ1n) is 10.8. The van der Waals surface area contributed by atoms with Gasteiger partial charge in [0, 0.05) is 37.1 Å². The summed E-state index contributed by atoms with van der Waals surface area (Å²) in [5.74, 6) is 0.691. The minimum Gasteiger partial charge on any atom is -0.495 e. The minimum absolute atomic E-state index is 0.0118. The Hall–Kier alpha value is -2.73. The van der Waals surface area contributed by atoms with Gasteiger partial charge in [-0.05, 0) is 43.0 Å². The molecule has 7 heteroatoms. The number of carbonyl (C=O) groups is 2. The second kappa shape index (κ2) is 9.60. The second-order valence-corrected chi connectivity index (χ2v) is 8.55. The number of anilines is 1. The summed E-state index contributed by atoms with van der Waals surface area (Å²) in [5, 5.41) is 3.85. The summed E-state index contributed by atoms with van der Waals surface area (Å²) in [6, 6.07) is 14.5. The van der Waals surface area contributed by atoms with Gasteiger partial charge in [-0.15, -0.1) is 0 Å². The number of halogens is 1. The fourth-order valence-electron chi connectivity index (χ4n) is 4.50. The predicted octanol–water partition coefficient (Wildman–Crippen LogP) is 3.80. The number of hydrogen-bond acceptors (Lipinski definition) is 4. The van der Waals surface area contributed by atoms with E-state index in [0.29, 0.717) is 24.5 Å². The maximum Gasteiger partial charge on any atom is 0.247 e. The largest absolute Gasteiger partial charge is 0.495 e. The van der Waals surface area contributed by atoms with Crippen molar-refractivity contribution in [3.63, 3.8) is 0 Å². The average molecular weight is 442 g/mol. The Morgan fingerprint density at radius 1 is 1.16 bits per heavy atom. The van der Waals surface area contributed by atoms with Crippen molar-refractivity contribution in [1.29, 1.82) is 0 Å². The number of piperidine rings is 1. The highest BCUT2D eigenvalue weighted by molar-refractivity contribution is 6.30. The summed E-state index contributed by atoms with van der Waals surface area (Å²) in [4.78, 5) is 29.9. The van der Waals surface area contributed by atoms with Gasteiger partial charge in [0.2, 0.25) is 11.8 Å². The Bertz CT molecular complexity index is 937.